The maximum atomic E-state index is 10.6. The van der Waals surface area contributed by atoms with Crippen molar-refractivity contribution in [2.75, 3.05) is 31.1 Å². The summed E-state index contributed by atoms with van der Waals surface area (Å²) in [6, 6.07) is 12.8. The van der Waals surface area contributed by atoms with Crippen LogP contribution in [0.4, 0.5) is 5.82 Å². The van der Waals surface area contributed by atoms with Gasteiger partial charge in [-0.3, -0.25) is 0 Å². The quantitative estimate of drug-likeness (QED) is 0.736. The zero-order valence-electron chi connectivity index (χ0n) is 13.5. The summed E-state index contributed by atoms with van der Waals surface area (Å²) < 4.78 is 0. The normalized spacial score (nSPS) is 14.4. The summed E-state index contributed by atoms with van der Waals surface area (Å²) in [6.45, 7) is 3.66. The number of benzene rings is 1. The Balaban J connectivity index is 1.71. The van der Waals surface area contributed by atoms with E-state index < -0.39 is 0 Å². The molecule has 2 N–H and O–H groups in total. The molecule has 1 aliphatic heterocycles. The lowest BCUT2D eigenvalue weighted by atomic mass is 10.1. The molecule has 1 fully saturated rings. The molecule has 1 aliphatic rings. The second kappa shape index (κ2) is 6.34. The lowest BCUT2D eigenvalue weighted by molar-refractivity contribution is 0.482. The number of pyridine rings is 1. The molecule has 2 aromatic heterocycles. The molecule has 0 atom stereocenters. The molecule has 0 amide bonds. The molecule has 0 spiro atoms. The van der Waals surface area contributed by atoms with Crippen LogP contribution in [-0.4, -0.2) is 46.5 Å². The van der Waals surface area contributed by atoms with Crippen molar-refractivity contribution in [2.45, 2.75) is 0 Å². The molecule has 0 unspecified atom stereocenters. The van der Waals surface area contributed by atoms with E-state index in [0.29, 0.717) is 16.8 Å². The molecule has 1 saturated heterocycles. The first-order valence-electron chi connectivity index (χ1n) is 8.09. The summed E-state index contributed by atoms with van der Waals surface area (Å²) >= 11 is 0. The first kappa shape index (κ1) is 15.3. The number of fused-ring (bicyclic) bond motifs is 1. The predicted octanol–water partition coefficient (Wildman–Crippen LogP) is 1.68. The van der Waals surface area contributed by atoms with Gasteiger partial charge in [0.15, 0.2) is 11.6 Å². The zero-order valence-corrected chi connectivity index (χ0v) is 13.5. The molecule has 3 heterocycles. The van der Waals surface area contributed by atoms with E-state index in [9.17, 15) is 5.11 Å². The van der Waals surface area contributed by atoms with Crippen molar-refractivity contribution >= 4 is 16.7 Å². The van der Waals surface area contributed by atoms with Crippen molar-refractivity contribution in [3.8, 4) is 23.1 Å². The van der Waals surface area contributed by atoms with Gasteiger partial charge in [-0.25, -0.2) is 4.98 Å². The van der Waals surface area contributed by atoms with Gasteiger partial charge in [0.1, 0.15) is 17.3 Å². The van der Waals surface area contributed by atoms with Crippen LogP contribution in [0.15, 0.2) is 36.4 Å². The summed E-state index contributed by atoms with van der Waals surface area (Å²) in [5, 5.41) is 32.2. The number of phenols is 1. The average Bonchev–Trinajstić information content (AvgIpc) is 2.69. The minimum Gasteiger partial charge on any atom is -0.505 e. The van der Waals surface area contributed by atoms with Crippen LogP contribution in [0.3, 0.4) is 0 Å². The lowest BCUT2D eigenvalue weighted by Gasteiger charge is -2.27. The van der Waals surface area contributed by atoms with Crippen LogP contribution < -0.4 is 10.2 Å². The molecule has 3 aromatic rings. The summed E-state index contributed by atoms with van der Waals surface area (Å²) in [5.41, 5.74) is 1.78. The molecule has 124 valence electrons. The van der Waals surface area contributed by atoms with Crippen LogP contribution in [0.1, 0.15) is 5.69 Å². The number of piperazine rings is 1. The Morgan fingerprint density at radius 3 is 2.56 bits per heavy atom. The fourth-order valence-electron chi connectivity index (χ4n) is 2.97. The van der Waals surface area contributed by atoms with E-state index >= 15 is 0 Å². The van der Waals surface area contributed by atoms with E-state index in [-0.39, 0.29) is 11.4 Å². The van der Waals surface area contributed by atoms with Crippen LogP contribution in [0, 0.1) is 11.3 Å². The number of aromatic nitrogens is 3. The number of hydrogen-bond donors (Lipinski definition) is 2. The van der Waals surface area contributed by atoms with E-state index in [4.69, 9.17) is 5.26 Å². The van der Waals surface area contributed by atoms with E-state index in [0.717, 1.165) is 37.4 Å². The van der Waals surface area contributed by atoms with Crippen molar-refractivity contribution in [1.82, 2.24) is 20.5 Å². The highest BCUT2D eigenvalue weighted by Gasteiger charge is 2.15. The number of rotatable bonds is 2. The number of phenolic OH excluding ortho intramolecular Hbond substituents is 1. The van der Waals surface area contributed by atoms with Gasteiger partial charge in [-0.2, -0.15) is 5.26 Å². The first-order chi connectivity index (χ1) is 12.3. The molecule has 0 aliphatic carbocycles. The predicted molar refractivity (Wildman–Crippen MR) is 94.2 cm³/mol. The molecule has 0 bridgehead atoms. The van der Waals surface area contributed by atoms with E-state index in [1.165, 1.54) is 0 Å². The Hall–Kier alpha value is -3.24. The summed E-state index contributed by atoms with van der Waals surface area (Å²) in [4.78, 5) is 6.37. The molecule has 0 radical (unpaired) electrons. The van der Waals surface area contributed by atoms with Crippen LogP contribution >= 0.6 is 0 Å². The van der Waals surface area contributed by atoms with Crippen molar-refractivity contribution in [1.29, 1.82) is 5.26 Å². The third-order valence-electron chi connectivity index (χ3n) is 4.32. The van der Waals surface area contributed by atoms with Crippen LogP contribution in [0.2, 0.25) is 0 Å². The number of nitrogens with one attached hydrogen (secondary N) is 1. The van der Waals surface area contributed by atoms with E-state index in [1.807, 2.05) is 24.3 Å². The molecule has 7 nitrogen and oxygen atoms in total. The van der Waals surface area contributed by atoms with Gasteiger partial charge in [0.2, 0.25) is 0 Å². The van der Waals surface area contributed by atoms with Crippen molar-refractivity contribution in [2.24, 2.45) is 0 Å². The molecule has 1 aromatic carbocycles. The van der Waals surface area contributed by atoms with Gasteiger partial charge < -0.3 is 15.3 Å². The Labute approximate surface area is 144 Å². The van der Waals surface area contributed by atoms with Gasteiger partial charge >= 0.3 is 0 Å². The SMILES string of the molecule is N#Cc1ccc2ccc(-c3ccc(N4CCNCC4)nn3)c(O)c2n1. The van der Waals surface area contributed by atoms with Crippen LogP contribution in [-0.2, 0) is 0 Å². The summed E-state index contributed by atoms with van der Waals surface area (Å²) in [6.07, 6.45) is 0. The summed E-state index contributed by atoms with van der Waals surface area (Å²) in [5.74, 6) is 0.842. The van der Waals surface area contributed by atoms with E-state index in [1.54, 1.807) is 18.2 Å². The van der Waals surface area contributed by atoms with Gasteiger partial charge in [-0.1, -0.05) is 6.07 Å². The number of anilines is 1. The first-order valence-corrected chi connectivity index (χ1v) is 8.09. The van der Waals surface area contributed by atoms with Gasteiger partial charge in [0, 0.05) is 37.1 Å². The molecular formula is C18H16N6O. The third-order valence-corrected chi connectivity index (χ3v) is 4.32. The van der Waals surface area contributed by atoms with Crippen molar-refractivity contribution in [3.05, 3.63) is 42.1 Å². The lowest BCUT2D eigenvalue weighted by Crippen LogP contribution is -2.43. The Kier molecular flexibility index (Phi) is 3.88. The van der Waals surface area contributed by atoms with E-state index in [2.05, 4.69) is 25.4 Å². The highest BCUT2D eigenvalue weighted by atomic mass is 16.3. The van der Waals surface area contributed by atoms with Gasteiger partial charge in [-0.05, 0) is 30.3 Å². The minimum atomic E-state index is 0.0128. The highest BCUT2D eigenvalue weighted by Crippen LogP contribution is 2.34. The minimum absolute atomic E-state index is 0.0128. The molecule has 0 saturated carbocycles. The molecular weight excluding hydrogens is 316 g/mol. The zero-order chi connectivity index (χ0) is 17.2. The Morgan fingerprint density at radius 1 is 1.04 bits per heavy atom. The molecule has 4 rings (SSSR count). The fourth-order valence-corrected chi connectivity index (χ4v) is 2.97. The number of hydrogen-bond acceptors (Lipinski definition) is 7. The number of aromatic hydroxyl groups is 1. The van der Waals surface area contributed by atoms with Gasteiger partial charge in [0.25, 0.3) is 0 Å². The van der Waals surface area contributed by atoms with Gasteiger partial charge in [0.05, 0.1) is 5.69 Å². The largest absolute Gasteiger partial charge is 0.505 e. The standard InChI is InChI=1S/C18H16N6O/c19-11-13-3-1-12-2-4-14(18(25)17(12)21-13)15-5-6-16(23-22-15)24-9-7-20-8-10-24/h1-6,20,25H,7-10H2. The maximum absolute atomic E-state index is 10.6. The topological polar surface area (TPSA) is 98.0 Å². The third kappa shape index (κ3) is 2.84. The van der Waals surface area contributed by atoms with Crippen molar-refractivity contribution < 1.29 is 5.11 Å². The monoisotopic (exact) mass is 332 g/mol. The molecule has 7 heteroatoms. The average molecular weight is 332 g/mol. The second-order valence-electron chi connectivity index (χ2n) is 5.86. The second-order valence-corrected chi connectivity index (χ2v) is 5.86. The Bertz CT molecular complexity index is 958. The van der Waals surface area contributed by atoms with Gasteiger partial charge in [-0.15, -0.1) is 10.2 Å². The smallest absolute Gasteiger partial charge is 0.151 e. The number of nitriles is 1. The van der Waals surface area contributed by atoms with Crippen molar-refractivity contribution in [3.63, 3.8) is 0 Å². The highest BCUT2D eigenvalue weighted by molar-refractivity contribution is 5.91. The van der Waals surface area contributed by atoms with Crippen LogP contribution in [0.5, 0.6) is 5.75 Å². The fraction of sp³-hybridized carbons (Fsp3) is 0.222. The molecule has 25 heavy (non-hydrogen) atoms. The summed E-state index contributed by atoms with van der Waals surface area (Å²) in [7, 11) is 0. The maximum Gasteiger partial charge on any atom is 0.151 e. The van der Waals surface area contributed by atoms with Crippen LogP contribution in [0.25, 0.3) is 22.2 Å². The number of nitrogens with zero attached hydrogens (tertiary/aromatic N) is 5. The Morgan fingerprint density at radius 2 is 1.84 bits per heavy atom.